The molecule has 4 nitrogen and oxygen atoms in total. The minimum atomic E-state index is -3.67. The maximum Gasteiger partial charge on any atom is 0.762 e. The van der Waals surface area contributed by atoms with Crippen LogP contribution in [0.4, 0.5) is 70.8 Å². The Bertz CT molecular complexity index is 1780. The van der Waals surface area contributed by atoms with E-state index < -0.39 is 71.0 Å². The Hall–Kier alpha value is -4.74. The highest BCUT2D eigenvalue weighted by atomic mass is 79.9. The molecule has 1 aliphatic heterocycles. The SMILES string of the molecule is C=C(C)CBr.CC.CC1(C)C[N+](c2c(F)cccc2F)=CN1c1c(F)cccc1F.FB(F)F.Fc1cccc(F)c1N=CNc1c(F)cccc1F.[F-]. The lowest BCUT2D eigenvalue weighted by Crippen LogP contribution is -3.00. The molecule has 18 heteroatoms. The zero-order valence-corrected chi connectivity index (χ0v) is 31.1. The minimum Gasteiger partial charge on any atom is -1.00 e. The average Bonchev–Trinajstić information content (AvgIpc) is 3.38. The van der Waals surface area contributed by atoms with E-state index >= 15 is 0 Å². The van der Waals surface area contributed by atoms with Crippen LogP contribution in [0.25, 0.3) is 0 Å². The molecule has 1 aliphatic rings. The fraction of sp³-hybridized carbons (Fsp3) is 0.222. The van der Waals surface area contributed by atoms with E-state index in [1.165, 1.54) is 45.7 Å². The Morgan fingerprint density at radius 3 is 1.52 bits per heavy atom. The molecule has 1 N–H and O–H groups in total. The van der Waals surface area contributed by atoms with Crippen LogP contribution >= 0.6 is 15.9 Å². The first kappa shape index (κ1) is 49.3. The van der Waals surface area contributed by atoms with Crippen LogP contribution in [-0.4, -0.2) is 42.2 Å². The molecule has 54 heavy (non-hydrogen) atoms. The third-order valence-corrected chi connectivity index (χ3v) is 7.36. The van der Waals surface area contributed by atoms with Gasteiger partial charge in [0, 0.05) is 5.33 Å². The molecule has 4 aromatic rings. The molecular formula is C36H36BBrF12N4. The molecule has 0 atom stereocenters. The van der Waals surface area contributed by atoms with Crippen LogP contribution in [0, 0.1) is 46.5 Å². The number of anilines is 2. The van der Waals surface area contributed by atoms with Crippen molar-refractivity contribution >= 4 is 58.9 Å². The van der Waals surface area contributed by atoms with Gasteiger partial charge in [0.25, 0.3) is 0 Å². The molecule has 0 aromatic heterocycles. The number of hydrogen-bond donors (Lipinski definition) is 1. The molecule has 4 aromatic carbocycles. The number of halogens is 13. The van der Waals surface area contributed by atoms with Crippen molar-refractivity contribution in [1.82, 2.24) is 0 Å². The van der Waals surface area contributed by atoms with Crippen LogP contribution in [0.5, 0.6) is 0 Å². The van der Waals surface area contributed by atoms with Gasteiger partial charge >= 0.3 is 7.54 Å². The predicted molar refractivity (Wildman–Crippen MR) is 194 cm³/mol. The summed E-state index contributed by atoms with van der Waals surface area (Å²) in [6.45, 7) is 13.3. The maximum atomic E-state index is 14.1. The second-order valence-corrected chi connectivity index (χ2v) is 11.5. The molecular weight excluding hydrogens is 807 g/mol. The van der Waals surface area contributed by atoms with Gasteiger partial charge in [0.15, 0.2) is 46.3 Å². The summed E-state index contributed by atoms with van der Waals surface area (Å²) in [6.07, 6.45) is 2.16. The van der Waals surface area contributed by atoms with Crippen molar-refractivity contribution in [2.45, 2.75) is 40.2 Å². The molecule has 0 bridgehead atoms. The molecule has 0 unspecified atom stereocenters. The first-order valence-corrected chi connectivity index (χ1v) is 16.6. The summed E-state index contributed by atoms with van der Waals surface area (Å²) in [6, 6.07) is 13.7. The number of rotatable bonds is 6. The molecule has 0 saturated carbocycles. The van der Waals surface area contributed by atoms with E-state index in [0.717, 1.165) is 60.2 Å². The van der Waals surface area contributed by atoms with Crippen molar-refractivity contribution < 1.29 is 57.4 Å². The lowest BCUT2D eigenvalue weighted by Gasteiger charge is -2.24. The van der Waals surface area contributed by atoms with E-state index in [9.17, 15) is 48.1 Å². The monoisotopic (exact) mass is 842 g/mol. The van der Waals surface area contributed by atoms with Crippen molar-refractivity contribution in [2.24, 2.45) is 4.99 Å². The lowest BCUT2D eigenvalue weighted by atomic mass is 10.0. The van der Waals surface area contributed by atoms with Gasteiger partial charge in [-0.1, -0.05) is 66.2 Å². The zero-order valence-electron chi connectivity index (χ0n) is 29.5. The standard InChI is InChI=1S/C17H15F4N2.C13H8F4N2.C4H7Br.C2H6.BF3.FH/c1-17(2)9-22(15-11(18)5-3-6-12(15)19)10-23(17)16-13(20)7-4-8-14(16)21;14-8-3-1-4-9(15)12(8)18-7-19-13-10(16)5-2-6-11(13)17;1-4(2)3-5;1-2;2-1(3)4;/h3-8,10H,9H2,1-2H3;1-7H,(H,18,19);1,3H2,2H3;1-2H3;;1H/q+1;;;;;/p-1. The van der Waals surface area contributed by atoms with Gasteiger partial charge in [0.2, 0.25) is 6.34 Å². The Balaban J connectivity index is 0.000000816. The van der Waals surface area contributed by atoms with E-state index in [0.29, 0.717) is 0 Å². The van der Waals surface area contributed by atoms with E-state index in [1.54, 1.807) is 13.8 Å². The summed E-state index contributed by atoms with van der Waals surface area (Å²) in [4.78, 5) is 4.83. The van der Waals surface area contributed by atoms with Gasteiger partial charge < -0.3 is 10.0 Å². The molecule has 0 spiro atoms. The molecule has 0 aliphatic carbocycles. The zero-order chi connectivity index (χ0) is 40.5. The van der Waals surface area contributed by atoms with Gasteiger partial charge in [-0.2, -0.15) is 0 Å². The van der Waals surface area contributed by atoms with Crippen molar-refractivity contribution in [2.75, 3.05) is 22.1 Å². The first-order valence-electron chi connectivity index (χ1n) is 15.5. The Morgan fingerprint density at radius 1 is 0.778 bits per heavy atom. The van der Waals surface area contributed by atoms with Gasteiger partial charge in [0.05, 0.1) is 6.34 Å². The first-order chi connectivity index (χ1) is 24.9. The molecule has 5 rings (SSSR count). The summed E-state index contributed by atoms with van der Waals surface area (Å²) in [5, 5.41) is 3.13. The van der Waals surface area contributed by atoms with Crippen LogP contribution in [0.1, 0.15) is 34.6 Å². The summed E-state index contributed by atoms with van der Waals surface area (Å²) in [5.74, 6) is -6.32. The molecule has 0 radical (unpaired) electrons. The van der Waals surface area contributed by atoms with Gasteiger partial charge in [0.1, 0.15) is 35.1 Å². The summed E-state index contributed by atoms with van der Waals surface area (Å²) in [5.41, 5.74) is -1.03. The maximum absolute atomic E-state index is 14.1. The van der Waals surface area contributed by atoms with E-state index in [-0.39, 0.29) is 22.6 Å². The normalized spacial score (nSPS) is 12.2. The molecule has 294 valence electrons. The number of nitrogens with zero attached hydrogens (tertiary/aromatic N) is 3. The number of benzene rings is 4. The topological polar surface area (TPSA) is 30.6 Å². The Morgan fingerprint density at radius 2 is 1.13 bits per heavy atom. The van der Waals surface area contributed by atoms with Gasteiger partial charge in [-0.05, 0) is 69.3 Å². The van der Waals surface area contributed by atoms with Gasteiger partial charge in [-0.25, -0.2) is 49.6 Å². The number of allylic oxidation sites excluding steroid dienone is 1. The number of nitrogens with one attached hydrogen (secondary N) is 1. The fourth-order valence-electron chi connectivity index (χ4n) is 4.22. The van der Waals surface area contributed by atoms with Crippen molar-refractivity contribution in [3.8, 4) is 0 Å². The van der Waals surface area contributed by atoms with Crippen LogP contribution in [-0.2, 0) is 0 Å². The quantitative estimate of drug-likeness (QED) is 0.0400. The highest BCUT2D eigenvalue weighted by Gasteiger charge is 2.45. The fourth-order valence-corrected chi connectivity index (χ4v) is 4.22. The lowest BCUT2D eigenvalue weighted by molar-refractivity contribution is -0.437. The second-order valence-electron chi connectivity index (χ2n) is 11.0. The van der Waals surface area contributed by atoms with Crippen molar-refractivity contribution in [1.29, 1.82) is 0 Å². The molecule has 0 amide bonds. The van der Waals surface area contributed by atoms with E-state index in [2.05, 4.69) is 32.8 Å². The Labute approximate surface area is 314 Å². The summed E-state index contributed by atoms with van der Waals surface area (Å²) >= 11 is 3.21. The van der Waals surface area contributed by atoms with E-state index in [1.807, 2.05) is 20.8 Å². The van der Waals surface area contributed by atoms with Crippen LogP contribution in [0.3, 0.4) is 0 Å². The van der Waals surface area contributed by atoms with E-state index in [4.69, 9.17) is 0 Å². The van der Waals surface area contributed by atoms with Gasteiger partial charge in [-0.15, -0.1) is 0 Å². The van der Waals surface area contributed by atoms with Crippen LogP contribution in [0.15, 0.2) is 89.9 Å². The second kappa shape index (κ2) is 23.8. The number of para-hydroxylation sites is 4. The number of aliphatic imine (C=N–C) groups is 1. The number of hydrogen-bond acceptors (Lipinski definition) is 2. The van der Waals surface area contributed by atoms with Crippen molar-refractivity contribution in [3.05, 3.63) is 131 Å². The molecule has 0 saturated heterocycles. The van der Waals surface area contributed by atoms with Gasteiger partial charge in [-0.3, -0.25) is 12.9 Å². The highest BCUT2D eigenvalue weighted by Crippen LogP contribution is 2.34. The average molecular weight is 843 g/mol. The Kier molecular flexibility index (Phi) is 21.7. The third kappa shape index (κ3) is 14.9. The minimum absolute atomic E-state index is 0. The summed E-state index contributed by atoms with van der Waals surface area (Å²) < 4.78 is 139. The molecule has 1 heterocycles. The largest absolute Gasteiger partial charge is 1.00 e. The van der Waals surface area contributed by atoms with Crippen LogP contribution in [0.2, 0.25) is 0 Å². The molecule has 0 fully saturated rings. The van der Waals surface area contributed by atoms with Crippen molar-refractivity contribution in [3.63, 3.8) is 0 Å². The summed E-state index contributed by atoms with van der Waals surface area (Å²) in [7, 11) is -3.67. The third-order valence-electron chi connectivity index (χ3n) is 6.40. The van der Waals surface area contributed by atoms with Crippen LogP contribution < -0.4 is 14.9 Å². The smallest absolute Gasteiger partial charge is 0.762 e. The highest BCUT2D eigenvalue weighted by molar-refractivity contribution is 9.09. The predicted octanol–water partition coefficient (Wildman–Crippen LogP) is 9.10. The number of alkyl halides is 1.